The predicted octanol–water partition coefficient (Wildman–Crippen LogP) is 11.1. The van der Waals surface area contributed by atoms with Crippen molar-refractivity contribution in [2.45, 2.75) is 53.2 Å². The Balaban J connectivity index is 0.000000217. The standard InChI is InChI=1S/C27H25N2S.C13H12N.Ir/c1-17(2)19-11-9-12-20(18(3)4)26(19)29-24-14-7-6-13-23(24)28-27(29)22-16-30-25-15-8-5-10-21(22)25;1-10-3-6-12(7-4-10)13-8-5-11(2)9-14-13;/h5-15,17-18H,1-4H3;3-6,8-9H,1-2H3;/q2*-1;/i8D;1D3,2D3;. The van der Waals surface area contributed by atoms with Crippen molar-refractivity contribution in [3.8, 4) is 28.3 Å². The molecule has 3 aromatic heterocycles. The van der Waals surface area contributed by atoms with Gasteiger partial charge in [-0.3, -0.25) is 16.3 Å². The van der Waals surface area contributed by atoms with Crippen molar-refractivity contribution in [3.63, 3.8) is 0 Å². The molecule has 229 valence electrons. The number of benzene rings is 4. The van der Waals surface area contributed by atoms with Gasteiger partial charge in [-0.2, -0.15) is 0 Å². The van der Waals surface area contributed by atoms with Crippen LogP contribution in [0.15, 0.2) is 103 Å². The quantitative estimate of drug-likeness (QED) is 0.163. The second kappa shape index (κ2) is 14.0. The average Bonchev–Trinajstić information content (AvgIpc) is 3.68. The Bertz CT molecular complexity index is 2220. The Morgan fingerprint density at radius 1 is 0.822 bits per heavy atom. The minimum Gasteiger partial charge on any atom is -0.333 e. The molecular weight excluding hydrogens is 747 g/mol. The molecule has 5 heteroatoms. The van der Waals surface area contributed by atoms with E-state index in [0.717, 1.165) is 32.5 Å². The van der Waals surface area contributed by atoms with Gasteiger partial charge in [0.05, 0.1) is 18.2 Å². The van der Waals surface area contributed by atoms with Gasteiger partial charge < -0.3 is 9.55 Å². The largest absolute Gasteiger partial charge is 0.333 e. The summed E-state index contributed by atoms with van der Waals surface area (Å²) in [6.45, 7) is 4.68. The molecule has 3 nitrogen and oxygen atoms in total. The summed E-state index contributed by atoms with van der Waals surface area (Å²) >= 11 is 1.56. The van der Waals surface area contributed by atoms with Crippen LogP contribution in [0.2, 0.25) is 0 Å². The van der Waals surface area contributed by atoms with Gasteiger partial charge >= 0.3 is 0 Å². The number of hydrogen-bond acceptors (Lipinski definition) is 3. The van der Waals surface area contributed by atoms with E-state index >= 15 is 0 Å². The fourth-order valence-electron chi connectivity index (χ4n) is 5.36. The van der Waals surface area contributed by atoms with Crippen LogP contribution in [0.3, 0.4) is 0 Å². The Morgan fingerprint density at radius 3 is 2.24 bits per heavy atom. The molecule has 0 atom stereocenters. The summed E-state index contributed by atoms with van der Waals surface area (Å²) in [5.74, 6) is 1.69. The number of pyridine rings is 1. The monoisotopic (exact) mass is 791 g/mol. The molecule has 7 rings (SSSR count). The minimum atomic E-state index is -2.18. The van der Waals surface area contributed by atoms with Gasteiger partial charge in [0.25, 0.3) is 0 Å². The first kappa shape index (κ1) is 24.4. The molecule has 0 unspecified atom stereocenters. The SMILES string of the molecule is [2H]C([2H])([2H])c1c[c-]c(-c2ccc(C([2H])([2H])[2H])cn2)cc1.[2H]c1ccc2c(-c3nc4ccccc4n3-c3c(C(C)C)cccc3C(C)C)[c-]sc2c1.[Ir]. The van der Waals surface area contributed by atoms with E-state index in [2.05, 4.69) is 85.1 Å². The van der Waals surface area contributed by atoms with Gasteiger partial charge in [0.1, 0.15) is 0 Å². The van der Waals surface area contributed by atoms with E-state index < -0.39 is 13.7 Å². The number of aryl methyl sites for hydroxylation is 2. The van der Waals surface area contributed by atoms with Crippen LogP contribution >= 0.6 is 11.3 Å². The van der Waals surface area contributed by atoms with E-state index in [-0.39, 0.29) is 31.2 Å². The second-order valence-corrected chi connectivity index (χ2v) is 12.1. The van der Waals surface area contributed by atoms with Crippen LogP contribution in [0.4, 0.5) is 0 Å². The minimum absolute atomic E-state index is 0. The topological polar surface area (TPSA) is 30.7 Å². The fourth-order valence-corrected chi connectivity index (χ4v) is 6.18. The summed E-state index contributed by atoms with van der Waals surface area (Å²) in [5.41, 5.74) is 8.52. The molecule has 0 N–H and O–H groups in total. The molecule has 0 bridgehead atoms. The number of rotatable bonds is 5. The Kier molecular flexibility index (Phi) is 7.60. The van der Waals surface area contributed by atoms with Crippen LogP contribution in [-0.2, 0) is 20.1 Å². The number of hydrogen-bond donors (Lipinski definition) is 0. The number of nitrogens with zero attached hydrogens (tertiary/aromatic N) is 3. The smallest absolute Gasteiger partial charge is 0.0774 e. The molecule has 0 spiro atoms. The third-order valence-corrected chi connectivity index (χ3v) is 8.42. The summed E-state index contributed by atoms with van der Waals surface area (Å²) in [4.78, 5) is 9.17. The first-order chi connectivity index (χ1) is 24.1. The molecule has 1 radical (unpaired) electrons. The molecule has 0 saturated heterocycles. The normalized spacial score (nSPS) is 14.0. The molecule has 7 aromatic rings. The van der Waals surface area contributed by atoms with Crippen LogP contribution in [0.5, 0.6) is 0 Å². The first-order valence-electron chi connectivity index (χ1n) is 18.1. The zero-order valence-electron chi connectivity index (χ0n) is 32.5. The molecule has 0 aliphatic carbocycles. The van der Waals surface area contributed by atoms with E-state index in [1.165, 1.54) is 41.2 Å². The van der Waals surface area contributed by atoms with Crippen molar-refractivity contribution < 1.29 is 29.7 Å². The van der Waals surface area contributed by atoms with Crippen molar-refractivity contribution >= 4 is 32.5 Å². The van der Waals surface area contributed by atoms with Crippen molar-refractivity contribution in [2.24, 2.45) is 0 Å². The Morgan fingerprint density at radius 2 is 1.58 bits per heavy atom. The predicted molar refractivity (Wildman–Crippen MR) is 187 cm³/mol. The average molecular weight is 791 g/mol. The van der Waals surface area contributed by atoms with Crippen LogP contribution in [-0.4, -0.2) is 14.5 Å². The fraction of sp³-hybridized carbons (Fsp3) is 0.200. The summed E-state index contributed by atoms with van der Waals surface area (Å²) in [6, 6.07) is 31.8. The summed E-state index contributed by atoms with van der Waals surface area (Å²) < 4.78 is 55.0. The van der Waals surface area contributed by atoms with Gasteiger partial charge in [0.2, 0.25) is 0 Å². The number of thiophene rings is 1. The van der Waals surface area contributed by atoms with Crippen molar-refractivity contribution in [3.05, 3.63) is 137 Å². The second-order valence-electron chi connectivity index (χ2n) is 11.3. The van der Waals surface area contributed by atoms with Crippen LogP contribution in [0.25, 0.3) is 49.5 Å². The van der Waals surface area contributed by atoms with E-state index in [4.69, 9.17) is 14.6 Å². The van der Waals surface area contributed by atoms with Gasteiger partial charge in [0.15, 0.2) is 0 Å². The maximum absolute atomic E-state index is 7.98. The zero-order valence-corrected chi connectivity index (χ0v) is 28.7. The molecule has 45 heavy (non-hydrogen) atoms. The molecule has 0 aliphatic heterocycles. The van der Waals surface area contributed by atoms with Crippen molar-refractivity contribution in [2.75, 3.05) is 0 Å². The summed E-state index contributed by atoms with van der Waals surface area (Å²) in [7, 11) is 0. The van der Waals surface area contributed by atoms with Gasteiger partial charge in [0, 0.05) is 40.2 Å². The van der Waals surface area contributed by atoms with Gasteiger partial charge in [-0.1, -0.05) is 111 Å². The van der Waals surface area contributed by atoms with E-state index in [0.29, 0.717) is 29.1 Å². The van der Waals surface area contributed by atoms with Crippen molar-refractivity contribution in [1.29, 1.82) is 0 Å². The number of fused-ring (bicyclic) bond motifs is 2. The summed E-state index contributed by atoms with van der Waals surface area (Å²) in [5, 5.41) is 4.60. The Labute approximate surface area is 294 Å². The van der Waals surface area contributed by atoms with E-state index in [9.17, 15) is 0 Å². The van der Waals surface area contributed by atoms with Crippen molar-refractivity contribution in [1.82, 2.24) is 14.5 Å². The van der Waals surface area contributed by atoms with Gasteiger partial charge in [-0.15, -0.1) is 46.8 Å². The molecule has 3 heterocycles. The molecule has 0 saturated carbocycles. The molecule has 0 aliphatic rings. The third kappa shape index (κ3) is 6.72. The first-order valence-corrected chi connectivity index (χ1v) is 15.5. The van der Waals surface area contributed by atoms with Crippen LogP contribution < -0.4 is 0 Å². The maximum atomic E-state index is 7.98. The Hall–Kier alpha value is -3.89. The zero-order chi connectivity index (χ0) is 36.7. The van der Waals surface area contributed by atoms with Gasteiger partial charge in [-0.25, -0.2) is 0 Å². The van der Waals surface area contributed by atoms with Gasteiger partial charge in [-0.05, 0) is 53.2 Å². The third-order valence-electron chi connectivity index (χ3n) is 7.56. The maximum Gasteiger partial charge on any atom is 0.0774 e. The number of aromatic nitrogens is 3. The summed E-state index contributed by atoms with van der Waals surface area (Å²) in [6.07, 6.45) is 1.30. The molecule has 0 amide bonds. The molecule has 0 fully saturated rings. The van der Waals surface area contributed by atoms with E-state index in [1.54, 1.807) is 23.5 Å². The molecule has 4 aromatic carbocycles. The van der Waals surface area contributed by atoms with Crippen LogP contribution in [0.1, 0.15) is 71.4 Å². The number of para-hydroxylation sites is 3. The van der Waals surface area contributed by atoms with E-state index in [1.807, 2.05) is 24.3 Å². The van der Waals surface area contributed by atoms with Crippen LogP contribution in [0, 0.1) is 25.2 Å². The number of imidazole rings is 1. The molecular formula is C40H37IrN3S-2.